The first-order valence-electron chi connectivity index (χ1n) is 7.74. The van der Waals surface area contributed by atoms with Crippen LogP contribution in [0.2, 0.25) is 0 Å². The number of nitrogens with two attached hydrogens (primary N) is 1. The first kappa shape index (κ1) is 14.6. The average Bonchev–Trinajstić information content (AvgIpc) is 2.95. The van der Waals surface area contributed by atoms with Crippen LogP contribution in [0.4, 0.5) is 0 Å². The van der Waals surface area contributed by atoms with Crippen LogP contribution in [-0.4, -0.2) is 47.4 Å². The van der Waals surface area contributed by atoms with Crippen molar-refractivity contribution in [2.24, 2.45) is 5.84 Å². The molecular weight excluding hydrogens is 268 g/mol. The summed E-state index contributed by atoms with van der Waals surface area (Å²) in [6.45, 7) is 6.41. The van der Waals surface area contributed by atoms with Crippen molar-refractivity contribution in [3.63, 3.8) is 0 Å². The van der Waals surface area contributed by atoms with Gasteiger partial charge in [0, 0.05) is 37.3 Å². The first-order valence-corrected chi connectivity index (χ1v) is 7.74. The predicted octanol–water partition coefficient (Wildman–Crippen LogP) is 0.942. The molecule has 2 atom stereocenters. The highest BCUT2D eigenvalue weighted by molar-refractivity contribution is 5.92. The number of carbonyl (C=O) groups is 1. The summed E-state index contributed by atoms with van der Waals surface area (Å²) < 4.78 is 5.27. The van der Waals surface area contributed by atoms with E-state index in [0.717, 1.165) is 25.2 Å². The smallest absolute Gasteiger partial charge is 0.301 e. The molecule has 116 valence electrons. The lowest BCUT2D eigenvalue weighted by molar-refractivity contribution is 0.0108. The summed E-state index contributed by atoms with van der Waals surface area (Å²) in [6.07, 6.45) is 5.49. The summed E-state index contributed by atoms with van der Waals surface area (Å²) in [5, 5.41) is 0. The van der Waals surface area contributed by atoms with Gasteiger partial charge in [0.2, 0.25) is 0 Å². The van der Waals surface area contributed by atoms with Crippen molar-refractivity contribution in [2.75, 3.05) is 19.6 Å². The number of furan rings is 1. The highest BCUT2D eigenvalue weighted by Gasteiger charge is 2.33. The van der Waals surface area contributed by atoms with E-state index in [1.54, 1.807) is 6.26 Å². The molecule has 0 radical (unpaired) electrons. The molecule has 2 fully saturated rings. The summed E-state index contributed by atoms with van der Waals surface area (Å²) in [7, 11) is 0. The van der Waals surface area contributed by atoms with Crippen molar-refractivity contribution >= 4 is 5.91 Å². The van der Waals surface area contributed by atoms with Gasteiger partial charge in [-0.2, -0.15) is 0 Å². The van der Waals surface area contributed by atoms with Crippen LogP contribution in [0.15, 0.2) is 16.7 Å². The van der Waals surface area contributed by atoms with Crippen LogP contribution in [-0.2, 0) is 6.54 Å². The number of nitrogens with one attached hydrogen (secondary N) is 1. The third kappa shape index (κ3) is 2.97. The first-order chi connectivity index (χ1) is 10.2. The molecule has 2 aliphatic heterocycles. The van der Waals surface area contributed by atoms with Gasteiger partial charge in [0.05, 0.1) is 6.26 Å². The molecule has 2 saturated heterocycles. The maximum absolute atomic E-state index is 11.7. The second-order valence-corrected chi connectivity index (χ2v) is 6.17. The maximum atomic E-state index is 11.7. The molecule has 3 N–H and O–H groups in total. The fraction of sp³-hybridized carbons (Fsp3) is 0.667. The Balaban J connectivity index is 1.70. The third-order valence-electron chi connectivity index (χ3n) is 4.77. The molecule has 1 aromatic rings. The van der Waals surface area contributed by atoms with Crippen molar-refractivity contribution in [2.45, 2.75) is 44.8 Å². The van der Waals surface area contributed by atoms with Gasteiger partial charge in [-0.15, -0.1) is 0 Å². The van der Waals surface area contributed by atoms with Gasteiger partial charge in [0.1, 0.15) is 0 Å². The Kier molecular flexibility index (Phi) is 4.28. The minimum atomic E-state index is -0.362. The van der Waals surface area contributed by atoms with Gasteiger partial charge in [-0.05, 0) is 32.4 Å². The van der Waals surface area contributed by atoms with Gasteiger partial charge < -0.3 is 4.42 Å². The highest BCUT2D eigenvalue weighted by Crippen LogP contribution is 2.26. The molecule has 3 rings (SSSR count). The number of hydrogen-bond donors (Lipinski definition) is 2. The van der Waals surface area contributed by atoms with Gasteiger partial charge in [-0.1, -0.05) is 6.42 Å². The van der Waals surface area contributed by atoms with Crippen LogP contribution in [0.5, 0.6) is 0 Å². The monoisotopic (exact) mass is 292 g/mol. The zero-order chi connectivity index (χ0) is 14.8. The van der Waals surface area contributed by atoms with Gasteiger partial charge in [0.15, 0.2) is 5.76 Å². The molecule has 3 heterocycles. The van der Waals surface area contributed by atoms with Crippen molar-refractivity contribution in [3.05, 3.63) is 23.7 Å². The van der Waals surface area contributed by atoms with E-state index in [1.165, 1.54) is 25.8 Å². The Bertz CT molecular complexity index is 502. The van der Waals surface area contributed by atoms with E-state index in [1.807, 2.05) is 6.07 Å². The Morgan fingerprint density at radius 3 is 3.14 bits per heavy atom. The number of piperazine rings is 1. The Morgan fingerprint density at radius 2 is 2.33 bits per heavy atom. The number of rotatable bonds is 3. The van der Waals surface area contributed by atoms with Gasteiger partial charge in [-0.25, -0.2) is 5.84 Å². The Morgan fingerprint density at radius 1 is 1.48 bits per heavy atom. The lowest BCUT2D eigenvalue weighted by atomic mass is 9.97. The molecule has 21 heavy (non-hydrogen) atoms. The van der Waals surface area contributed by atoms with Crippen LogP contribution in [0, 0.1) is 0 Å². The van der Waals surface area contributed by atoms with E-state index in [9.17, 15) is 4.79 Å². The maximum Gasteiger partial charge on any atom is 0.301 e. The molecule has 2 aliphatic rings. The SMILES string of the molecule is CC1CN2CCCCC2CN1Cc1ccoc1C(=O)NN. The summed E-state index contributed by atoms with van der Waals surface area (Å²) in [5.74, 6) is 5.17. The van der Waals surface area contributed by atoms with Crippen LogP contribution < -0.4 is 11.3 Å². The number of fused-ring (bicyclic) bond motifs is 1. The van der Waals surface area contributed by atoms with E-state index < -0.39 is 0 Å². The quantitative estimate of drug-likeness (QED) is 0.493. The van der Waals surface area contributed by atoms with Crippen LogP contribution in [0.25, 0.3) is 0 Å². The van der Waals surface area contributed by atoms with E-state index in [2.05, 4.69) is 22.1 Å². The molecule has 0 spiro atoms. The number of nitrogen functional groups attached to an aromatic ring is 1. The second kappa shape index (κ2) is 6.17. The normalized spacial score (nSPS) is 27.3. The van der Waals surface area contributed by atoms with E-state index in [0.29, 0.717) is 17.8 Å². The van der Waals surface area contributed by atoms with Gasteiger partial charge in [-0.3, -0.25) is 20.0 Å². The fourth-order valence-corrected chi connectivity index (χ4v) is 3.58. The van der Waals surface area contributed by atoms with Crippen LogP contribution in [0.1, 0.15) is 42.3 Å². The molecule has 1 amide bonds. The third-order valence-corrected chi connectivity index (χ3v) is 4.77. The summed E-state index contributed by atoms with van der Waals surface area (Å²) >= 11 is 0. The topological polar surface area (TPSA) is 74.7 Å². The van der Waals surface area contributed by atoms with Crippen LogP contribution in [0.3, 0.4) is 0 Å². The number of nitrogens with zero attached hydrogens (tertiary/aromatic N) is 2. The molecular formula is C15H24N4O2. The minimum Gasteiger partial charge on any atom is -0.459 e. The highest BCUT2D eigenvalue weighted by atomic mass is 16.3. The molecule has 0 bridgehead atoms. The molecule has 6 heteroatoms. The predicted molar refractivity (Wildman–Crippen MR) is 79.4 cm³/mol. The zero-order valence-corrected chi connectivity index (χ0v) is 12.5. The second-order valence-electron chi connectivity index (χ2n) is 6.17. The molecule has 6 nitrogen and oxygen atoms in total. The molecule has 0 aromatic carbocycles. The van der Waals surface area contributed by atoms with Crippen molar-refractivity contribution in [1.29, 1.82) is 0 Å². The lowest BCUT2D eigenvalue weighted by Gasteiger charge is -2.47. The lowest BCUT2D eigenvalue weighted by Crippen LogP contribution is -2.58. The van der Waals surface area contributed by atoms with E-state index in [4.69, 9.17) is 10.3 Å². The molecule has 1 aromatic heterocycles. The van der Waals surface area contributed by atoms with Crippen molar-refractivity contribution in [1.82, 2.24) is 15.2 Å². The summed E-state index contributed by atoms with van der Waals surface area (Å²) in [4.78, 5) is 16.8. The Labute approximate surface area is 125 Å². The number of hydrogen-bond acceptors (Lipinski definition) is 5. The zero-order valence-electron chi connectivity index (χ0n) is 12.5. The minimum absolute atomic E-state index is 0.329. The molecule has 2 unspecified atom stereocenters. The number of hydrazine groups is 1. The largest absolute Gasteiger partial charge is 0.459 e. The molecule has 0 aliphatic carbocycles. The summed E-state index contributed by atoms with van der Waals surface area (Å²) in [6, 6.07) is 3.02. The van der Waals surface area contributed by atoms with Crippen molar-refractivity contribution < 1.29 is 9.21 Å². The van der Waals surface area contributed by atoms with E-state index in [-0.39, 0.29) is 5.91 Å². The fourth-order valence-electron chi connectivity index (χ4n) is 3.58. The number of amides is 1. The standard InChI is InChI=1S/C15H24N4O2/c1-11-8-18-6-3-2-4-13(18)10-19(11)9-12-5-7-21-14(12)15(20)17-16/h5,7,11,13H,2-4,6,8-10,16H2,1H3,(H,17,20). The number of piperidine rings is 1. The van der Waals surface area contributed by atoms with Crippen molar-refractivity contribution in [3.8, 4) is 0 Å². The average molecular weight is 292 g/mol. The van der Waals surface area contributed by atoms with Gasteiger partial charge >= 0.3 is 5.91 Å². The van der Waals surface area contributed by atoms with Crippen LogP contribution >= 0.6 is 0 Å². The van der Waals surface area contributed by atoms with Gasteiger partial charge in [0.25, 0.3) is 0 Å². The molecule has 0 saturated carbocycles. The summed E-state index contributed by atoms with van der Waals surface area (Å²) in [5.41, 5.74) is 3.05. The Hall–Kier alpha value is -1.37. The van der Waals surface area contributed by atoms with E-state index >= 15 is 0 Å². The number of carbonyl (C=O) groups excluding carboxylic acids is 1.